The number of rotatable bonds is 10. The Bertz CT molecular complexity index is 1360. The lowest BCUT2D eigenvalue weighted by Crippen LogP contribution is -2.40. The monoisotopic (exact) mass is 583 g/mol. The minimum Gasteiger partial charge on any atom is -0.508 e. The molecule has 2 aromatic rings. The molecule has 0 spiro atoms. The number of aromatic hydroxyl groups is 1. The summed E-state index contributed by atoms with van der Waals surface area (Å²) in [6, 6.07) is 13.8. The maximum absolute atomic E-state index is 13.3. The number of carbonyl (C=O) groups is 3. The van der Waals surface area contributed by atoms with Crippen molar-refractivity contribution in [2.24, 2.45) is 17.8 Å². The van der Waals surface area contributed by atoms with Crippen LogP contribution in [0.5, 0.6) is 11.5 Å². The quantitative estimate of drug-likeness (QED) is 0.270. The molecule has 4 atom stereocenters. The van der Waals surface area contributed by atoms with Gasteiger partial charge in [0.05, 0.1) is 36.7 Å². The first kappa shape index (κ1) is 30.3. The number of carbonyl (C=O) groups excluding carboxylic acids is 3. The summed E-state index contributed by atoms with van der Waals surface area (Å²) < 4.78 is 10.6. The summed E-state index contributed by atoms with van der Waals surface area (Å²) in [5.41, 5.74) is 2.80. The molecule has 218 valence electrons. The first-order valence-corrected chi connectivity index (χ1v) is 13.9. The molecule has 1 aliphatic carbocycles. The lowest BCUT2D eigenvalue weighted by atomic mass is 9.68. The van der Waals surface area contributed by atoms with Crippen LogP contribution in [0.1, 0.15) is 38.2 Å². The number of phenolic OH excluding ortho intramolecular Hbond substituents is 1. The average Bonchev–Trinajstić information content (AvgIpc) is 3.23. The minimum atomic E-state index is -1.07. The summed E-state index contributed by atoms with van der Waals surface area (Å²) in [6.07, 6.45) is 1.33. The molecule has 2 aliphatic rings. The van der Waals surface area contributed by atoms with Crippen molar-refractivity contribution >= 4 is 35.6 Å². The van der Waals surface area contributed by atoms with Gasteiger partial charge in [-0.1, -0.05) is 48.4 Å². The third-order valence-corrected chi connectivity index (χ3v) is 8.12. The molecule has 0 saturated carbocycles. The van der Waals surface area contributed by atoms with Crippen molar-refractivity contribution in [1.29, 1.82) is 0 Å². The van der Waals surface area contributed by atoms with E-state index in [9.17, 15) is 29.7 Å². The van der Waals surface area contributed by atoms with E-state index in [1.165, 1.54) is 6.07 Å². The van der Waals surface area contributed by atoms with Crippen LogP contribution in [0.4, 0.5) is 4.79 Å². The zero-order valence-electron chi connectivity index (χ0n) is 23.0. The van der Waals surface area contributed by atoms with E-state index in [1.54, 1.807) is 24.3 Å². The number of aliphatic hydroxyl groups is 2. The van der Waals surface area contributed by atoms with E-state index in [2.05, 4.69) is 4.74 Å². The highest BCUT2D eigenvalue weighted by Gasteiger charge is 2.57. The van der Waals surface area contributed by atoms with Gasteiger partial charge in [0.2, 0.25) is 11.8 Å². The third kappa shape index (κ3) is 6.48. The molecule has 1 saturated heterocycles. The van der Waals surface area contributed by atoms with Crippen LogP contribution in [0.3, 0.4) is 0 Å². The Kier molecular flexibility index (Phi) is 9.86. The highest BCUT2D eigenvalue weighted by atomic mass is 35.5. The Hall–Kier alpha value is -3.66. The molecule has 1 aliphatic heterocycles. The number of aliphatic hydroxyl groups excluding tert-OH is 2. The normalized spacial score (nSPS) is 21.6. The molecule has 2 aromatic carbocycles. The minimum absolute atomic E-state index is 0.0371. The SMILES string of the molecule is CC/C(=C\c1ccc(O)cc1Cl)CC[C@@H](O)C1=C(COc2ccccc2)C[C@H]2C(=O)N(C(=O)OC)C(=O)[C@H]2[C@H]1CO. The number of likely N-dealkylation sites (tertiary alicyclic amines) is 1. The summed E-state index contributed by atoms with van der Waals surface area (Å²) in [4.78, 5) is 39.2. The van der Waals surface area contributed by atoms with Crippen molar-refractivity contribution in [2.45, 2.75) is 38.7 Å². The van der Waals surface area contributed by atoms with E-state index in [-0.39, 0.29) is 25.2 Å². The number of ether oxygens (including phenoxy) is 2. The number of benzene rings is 2. The van der Waals surface area contributed by atoms with E-state index < -0.39 is 48.4 Å². The number of phenols is 1. The molecule has 0 aromatic heterocycles. The highest BCUT2D eigenvalue weighted by molar-refractivity contribution is 6.32. The van der Waals surface area contributed by atoms with Crippen LogP contribution in [0.25, 0.3) is 6.08 Å². The Labute approximate surface area is 243 Å². The van der Waals surface area contributed by atoms with Crippen LogP contribution in [0.15, 0.2) is 65.3 Å². The molecule has 3 N–H and O–H groups in total. The molecule has 9 nitrogen and oxygen atoms in total. The van der Waals surface area contributed by atoms with Crippen molar-refractivity contribution in [2.75, 3.05) is 20.3 Å². The molecule has 3 amide bonds. The number of methoxy groups -OCH3 is 1. The maximum atomic E-state index is 13.3. The number of fused-ring (bicyclic) bond motifs is 1. The summed E-state index contributed by atoms with van der Waals surface area (Å²) in [6.45, 7) is 1.52. The number of amides is 3. The molecule has 41 heavy (non-hydrogen) atoms. The van der Waals surface area contributed by atoms with Gasteiger partial charge in [0, 0.05) is 5.92 Å². The summed E-state index contributed by atoms with van der Waals surface area (Å²) in [5.74, 6) is -3.55. The van der Waals surface area contributed by atoms with Gasteiger partial charge in [0.1, 0.15) is 18.1 Å². The first-order valence-electron chi connectivity index (χ1n) is 13.5. The smallest absolute Gasteiger partial charge is 0.423 e. The number of halogens is 1. The number of allylic oxidation sites excluding steroid dienone is 1. The Morgan fingerprint density at radius 2 is 1.90 bits per heavy atom. The number of hydrogen-bond acceptors (Lipinski definition) is 8. The maximum Gasteiger partial charge on any atom is 0.423 e. The Morgan fingerprint density at radius 1 is 1.17 bits per heavy atom. The Morgan fingerprint density at radius 3 is 2.54 bits per heavy atom. The lowest BCUT2D eigenvalue weighted by Gasteiger charge is -2.36. The number of nitrogens with zero attached hydrogens (tertiary/aromatic N) is 1. The largest absolute Gasteiger partial charge is 0.508 e. The van der Waals surface area contributed by atoms with Crippen molar-refractivity contribution in [3.05, 3.63) is 75.8 Å². The van der Waals surface area contributed by atoms with Crippen LogP contribution in [0, 0.1) is 17.8 Å². The van der Waals surface area contributed by atoms with Gasteiger partial charge < -0.3 is 24.8 Å². The lowest BCUT2D eigenvalue weighted by molar-refractivity contribution is -0.137. The second kappa shape index (κ2) is 13.3. The van der Waals surface area contributed by atoms with Crippen LogP contribution in [0.2, 0.25) is 5.02 Å². The van der Waals surface area contributed by atoms with E-state index in [4.69, 9.17) is 16.3 Å². The Balaban J connectivity index is 1.64. The fourth-order valence-corrected chi connectivity index (χ4v) is 5.96. The van der Waals surface area contributed by atoms with Crippen LogP contribution >= 0.6 is 11.6 Å². The van der Waals surface area contributed by atoms with E-state index in [0.29, 0.717) is 39.7 Å². The fraction of sp³-hybridized carbons (Fsp3) is 0.387. The van der Waals surface area contributed by atoms with E-state index in [1.807, 2.05) is 31.2 Å². The fourth-order valence-electron chi connectivity index (χ4n) is 5.73. The predicted molar refractivity (Wildman–Crippen MR) is 152 cm³/mol. The summed E-state index contributed by atoms with van der Waals surface area (Å²) in [5, 5.41) is 32.1. The average molecular weight is 584 g/mol. The van der Waals surface area contributed by atoms with Crippen molar-refractivity contribution in [3.8, 4) is 11.5 Å². The number of para-hydroxylation sites is 1. The van der Waals surface area contributed by atoms with E-state index in [0.717, 1.165) is 18.2 Å². The topological polar surface area (TPSA) is 134 Å². The second-order valence-corrected chi connectivity index (χ2v) is 10.6. The van der Waals surface area contributed by atoms with Gasteiger partial charge in [-0.15, -0.1) is 0 Å². The zero-order chi connectivity index (χ0) is 29.7. The first-order chi connectivity index (χ1) is 19.7. The zero-order valence-corrected chi connectivity index (χ0v) is 23.7. The predicted octanol–water partition coefficient (Wildman–Crippen LogP) is 4.74. The molecular weight excluding hydrogens is 550 g/mol. The highest BCUT2D eigenvalue weighted by Crippen LogP contribution is 2.46. The van der Waals surface area contributed by atoms with Crippen LogP contribution < -0.4 is 4.74 Å². The van der Waals surface area contributed by atoms with Gasteiger partial charge in [-0.3, -0.25) is 9.59 Å². The van der Waals surface area contributed by atoms with Gasteiger partial charge >= 0.3 is 6.09 Å². The molecule has 10 heteroatoms. The van der Waals surface area contributed by atoms with Crippen molar-refractivity contribution in [3.63, 3.8) is 0 Å². The molecule has 0 unspecified atom stereocenters. The van der Waals surface area contributed by atoms with Crippen molar-refractivity contribution < 1.29 is 39.2 Å². The molecular formula is C31H34ClNO8. The molecule has 0 bridgehead atoms. The second-order valence-electron chi connectivity index (χ2n) is 10.2. The van der Waals surface area contributed by atoms with Crippen LogP contribution in [-0.2, 0) is 14.3 Å². The third-order valence-electron chi connectivity index (χ3n) is 7.79. The van der Waals surface area contributed by atoms with Gasteiger partial charge in [-0.05, 0) is 72.7 Å². The van der Waals surface area contributed by atoms with Crippen LogP contribution in [-0.4, -0.2) is 64.6 Å². The summed E-state index contributed by atoms with van der Waals surface area (Å²) >= 11 is 6.28. The number of hydrogen-bond donors (Lipinski definition) is 3. The van der Waals surface area contributed by atoms with Gasteiger partial charge in [0.15, 0.2) is 0 Å². The standard InChI is InChI=1S/C31H34ClNO8/c1-3-18(13-19-10-11-21(35)15-25(19)32)9-12-26(36)27-20(17-41-22-7-5-4-6-8-22)14-23-28(24(27)16-34)30(38)33(29(23)37)31(39)40-2/h4-8,10-11,13,15,23-24,26,28,34-36H,3,9,12,14,16-17H2,1-2H3/b18-13+/t23-,24+,26-,28-/m1/s1. The summed E-state index contributed by atoms with van der Waals surface area (Å²) in [7, 11) is 1.09. The number of imide groups is 3. The van der Waals surface area contributed by atoms with Crippen molar-refractivity contribution in [1.82, 2.24) is 4.90 Å². The molecule has 1 fully saturated rings. The molecule has 1 heterocycles. The van der Waals surface area contributed by atoms with Gasteiger partial charge in [-0.2, -0.15) is 4.90 Å². The van der Waals surface area contributed by atoms with Gasteiger partial charge in [0.25, 0.3) is 0 Å². The molecule has 0 radical (unpaired) electrons. The van der Waals surface area contributed by atoms with E-state index >= 15 is 0 Å². The van der Waals surface area contributed by atoms with Gasteiger partial charge in [-0.25, -0.2) is 4.79 Å². The molecule has 4 rings (SSSR count).